The molecule has 0 atom stereocenters. The Morgan fingerprint density at radius 2 is 2.00 bits per heavy atom. The molecular formula is C16H23N3S. The molecule has 0 spiro atoms. The minimum Gasteiger partial charge on any atom is -0.369 e. The largest absolute Gasteiger partial charge is 0.369 e. The monoisotopic (exact) mass is 289 g/mol. The summed E-state index contributed by atoms with van der Waals surface area (Å²) in [5, 5.41) is 4.86. The van der Waals surface area contributed by atoms with Crippen molar-refractivity contribution >= 4 is 27.4 Å². The van der Waals surface area contributed by atoms with Gasteiger partial charge in [-0.1, -0.05) is 13.8 Å². The first-order valence-electron chi connectivity index (χ1n) is 7.68. The molecule has 0 saturated heterocycles. The summed E-state index contributed by atoms with van der Waals surface area (Å²) in [7, 11) is 0. The van der Waals surface area contributed by atoms with E-state index < -0.39 is 0 Å². The summed E-state index contributed by atoms with van der Waals surface area (Å²) < 4.78 is 0. The van der Waals surface area contributed by atoms with Crippen molar-refractivity contribution in [3.8, 4) is 0 Å². The van der Waals surface area contributed by atoms with E-state index >= 15 is 0 Å². The molecule has 0 radical (unpaired) electrons. The second-order valence-electron chi connectivity index (χ2n) is 6.12. The van der Waals surface area contributed by atoms with Crippen molar-refractivity contribution in [3.63, 3.8) is 0 Å². The van der Waals surface area contributed by atoms with E-state index in [4.69, 9.17) is 0 Å². The van der Waals surface area contributed by atoms with Gasteiger partial charge in [-0.25, -0.2) is 9.97 Å². The highest BCUT2D eigenvalue weighted by atomic mass is 32.1. The van der Waals surface area contributed by atoms with Crippen molar-refractivity contribution < 1.29 is 0 Å². The van der Waals surface area contributed by atoms with Crippen LogP contribution in [0, 0.1) is 12.8 Å². The van der Waals surface area contributed by atoms with Crippen LogP contribution >= 0.6 is 11.3 Å². The highest BCUT2D eigenvalue weighted by Gasteiger charge is 2.20. The lowest BCUT2D eigenvalue weighted by Gasteiger charge is -2.13. The van der Waals surface area contributed by atoms with E-state index in [2.05, 4.69) is 29.1 Å². The fourth-order valence-corrected chi connectivity index (χ4v) is 4.18. The van der Waals surface area contributed by atoms with E-state index in [1.165, 1.54) is 52.8 Å². The molecule has 0 aliphatic heterocycles. The number of hydrogen-bond donors (Lipinski definition) is 1. The Hall–Kier alpha value is -1.16. The summed E-state index contributed by atoms with van der Waals surface area (Å²) in [6.45, 7) is 7.50. The van der Waals surface area contributed by atoms with Gasteiger partial charge in [0, 0.05) is 11.4 Å². The van der Waals surface area contributed by atoms with Crippen LogP contribution in [0.15, 0.2) is 0 Å². The molecule has 0 saturated carbocycles. The second kappa shape index (κ2) is 5.68. The van der Waals surface area contributed by atoms with E-state index in [1.54, 1.807) is 0 Å². The smallest absolute Gasteiger partial charge is 0.138 e. The highest BCUT2D eigenvalue weighted by Crippen LogP contribution is 2.38. The summed E-state index contributed by atoms with van der Waals surface area (Å²) in [6, 6.07) is 0. The summed E-state index contributed by atoms with van der Waals surface area (Å²) in [5.41, 5.74) is 1.52. The first kappa shape index (κ1) is 13.8. The number of aryl methyl sites for hydroxylation is 3. The number of rotatable bonds is 4. The third kappa shape index (κ3) is 2.66. The van der Waals surface area contributed by atoms with E-state index in [-0.39, 0.29) is 0 Å². The van der Waals surface area contributed by atoms with Crippen molar-refractivity contribution in [3.05, 3.63) is 16.3 Å². The van der Waals surface area contributed by atoms with Gasteiger partial charge in [-0.15, -0.1) is 11.3 Å². The topological polar surface area (TPSA) is 37.8 Å². The fraction of sp³-hybridized carbons (Fsp3) is 0.625. The molecule has 3 rings (SSSR count). The number of anilines is 1. The van der Waals surface area contributed by atoms with Crippen LogP contribution in [0.5, 0.6) is 0 Å². The molecule has 1 N–H and O–H groups in total. The molecule has 0 bridgehead atoms. The minimum atomic E-state index is 0.720. The third-order valence-corrected chi connectivity index (χ3v) is 5.13. The molecule has 20 heavy (non-hydrogen) atoms. The van der Waals surface area contributed by atoms with Crippen molar-refractivity contribution in [2.45, 2.75) is 52.9 Å². The molecule has 3 nitrogen and oxygen atoms in total. The molecule has 4 heteroatoms. The van der Waals surface area contributed by atoms with Crippen LogP contribution in [-0.2, 0) is 12.8 Å². The summed E-state index contributed by atoms with van der Waals surface area (Å²) in [5.74, 6) is 2.66. The molecule has 2 aromatic heterocycles. The predicted molar refractivity (Wildman–Crippen MR) is 86.7 cm³/mol. The Balaban J connectivity index is 1.98. The molecule has 0 fully saturated rings. The molecule has 2 heterocycles. The first-order chi connectivity index (χ1) is 9.65. The quantitative estimate of drug-likeness (QED) is 0.910. The van der Waals surface area contributed by atoms with Gasteiger partial charge < -0.3 is 5.32 Å². The zero-order chi connectivity index (χ0) is 14.1. The third-order valence-electron chi connectivity index (χ3n) is 3.94. The van der Waals surface area contributed by atoms with Gasteiger partial charge >= 0.3 is 0 Å². The zero-order valence-electron chi connectivity index (χ0n) is 12.6. The van der Waals surface area contributed by atoms with Crippen LogP contribution in [0.4, 0.5) is 5.82 Å². The lowest BCUT2D eigenvalue weighted by atomic mass is 9.97. The summed E-state index contributed by atoms with van der Waals surface area (Å²) in [4.78, 5) is 12.0. The Bertz CT molecular complexity index is 616. The molecule has 1 aliphatic rings. The van der Waals surface area contributed by atoms with Gasteiger partial charge in [-0.2, -0.15) is 0 Å². The summed E-state index contributed by atoms with van der Waals surface area (Å²) in [6.07, 6.45) is 6.22. The van der Waals surface area contributed by atoms with Gasteiger partial charge in [0.1, 0.15) is 16.5 Å². The summed E-state index contributed by atoms with van der Waals surface area (Å²) >= 11 is 1.88. The first-order valence-corrected chi connectivity index (χ1v) is 8.49. The maximum absolute atomic E-state index is 4.66. The van der Waals surface area contributed by atoms with Crippen LogP contribution in [0.25, 0.3) is 10.2 Å². The van der Waals surface area contributed by atoms with Crippen LogP contribution < -0.4 is 5.32 Å². The number of thiophene rings is 1. The average molecular weight is 289 g/mol. The number of hydrogen-bond acceptors (Lipinski definition) is 4. The molecule has 108 valence electrons. The van der Waals surface area contributed by atoms with Gasteiger partial charge in [0.15, 0.2) is 0 Å². The maximum atomic E-state index is 4.66. The molecule has 0 unspecified atom stereocenters. The van der Waals surface area contributed by atoms with Crippen molar-refractivity contribution in [2.24, 2.45) is 5.92 Å². The van der Waals surface area contributed by atoms with E-state index in [9.17, 15) is 0 Å². The maximum Gasteiger partial charge on any atom is 0.138 e. The SMILES string of the molecule is Cc1nc(NCCC(C)C)c2c3c(sc2n1)CCCC3. The highest BCUT2D eigenvalue weighted by molar-refractivity contribution is 7.19. The van der Waals surface area contributed by atoms with Gasteiger partial charge in [0.25, 0.3) is 0 Å². The number of fused-ring (bicyclic) bond motifs is 3. The van der Waals surface area contributed by atoms with Crippen LogP contribution in [-0.4, -0.2) is 16.5 Å². The Kier molecular flexibility index (Phi) is 3.92. The number of nitrogens with zero attached hydrogens (tertiary/aromatic N) is 2. The second-order valence-corrected chi connectivity index (χ2v) is 7.20. The number of nitrogens with one attached hydrogen (secondary N) is 1. The van der Waals surface area contributed by atoms with Crippen molar-refractivity contribution in [1.82, 2.24) is 9.97 Å². The minimum absolute atomic E-state index is 0.720. The number of aromatic nitrogens is 2. The van der Waals surface area contributed by atoms with Crippen LogP contribution in [0.3, 0.4) is 0 Å². The lowest BCUT2D eigenvalue weighted by molar-refractivity contribution is 0.606. The molecular weight excluding hydrogens is 266 g/mol. The normalized spacial score (nSPS) is 14.8. The van der Waals surface area contributed by atoms with Gasteiger partial charge in [0.2, 0.25) is 0 Å². The van der Waals surface area contributed by atoms with Crippen molar-refractivity contribution in [1.29, 1.82) is 0 Å². The Morgan fingerprint density at radius 1 is 1.20 bits per heavy atom. The molecule has 1 aliphatic carbocycles. The lowest BCUT2D eigenvalue weighted by Crippen LogP contribution is -2.08. The van der Waals surface area contributed by atoms with E-state index in [1.807, 2.05) is 18.3 Å². The van der Waals surface area contributed by atoms with Crippen molar-refractivity contribution in [2.75, 3.05) is 11.9 Å². The Morgan fingerprint density at radius 3 is 2.80 bits per heavy atom. The van der Waals surface area contributed by atoms with E-state index in [0.717, 1.165) is 24.1 Å². The van der Waals surface area contributed by atoms with Gasteiger partial charge in [0.05, 0.1) is 5.39 Å². The van der Waals surface area contributed by atoms with Gasteiger partial charge in [-0.05, 0) is 50.5 Å². The van der Waals surface area contributed by atoms with Gasteiger partial charge in [-0.3, -0.25) is 0 Å². The molecule has 2 aromatic rings. The standard InChI is InChI=1S/C16H23N3S/c1-10(2)8-9-17-15-14-12-6-4-5-7-13(12)20-16(14)19-11(3)18-15/h10H,4-9H2,1-3H3,(H,17,18,19). The van der Waals surface area contributed by atoms with Crippen LogP contribution in [0.1, 0.15) is 49.4 Å². The molecule has 0 aromatic carbocycles. The average Bonchev–Trinajstić information content (AvgIpc) is 2.75. The van der Waals surface area contributed by atoms with E-state index in [0.29, 0.717) is 0 Å². The fourth-order valence-electron chi connectivity index (χ4n) is 2.87. The van der Waals surface area contributed by atoms with Crippen LogP contribution in [0.2, 0.25) is 0 Å². The molecule has 0 amide bonds. The Labute approximate surface area is 124 Å². The predicted octanol–water partition coefficient (Wildman–Crippen LogP) is 4.34. The zero-order valence-corrected chi connectivity index (χ0v) is 13.4.